The lowest BCUT2D eigenvalue weighted by Crippen LogP contribution is -2.30. The van der Waals surface area contributed by atoms with Crippen molar-refractivity contribution in [2.45, 2.75) is 26.1 Å². The van der Waals surface area contributed by atoms with Crippen molar-refractivity contribution in [1.29, 1.82) is 0 Å². The first-order valence-corrected chi connectivity index (χ1v) is 9.27. The first-order valence-electron chi connectivity index (χ1n) is 8.45. The highest BCUT2D eigenvalue weighted by Gasteiger charge is 2.27. The number of anilines is 1. The third-order valence-corrected chi connectivity index (χ3v) is 4.89. The first-order chi connectivity index (χ1) is 13.3. The highest BCUT2D eigenvalue weighted by atomic mass is 32.1. The van der Waals surface area contributed by atoms with Gasteiger partial charge in [-0.25, -0.2) is 14.8 Å². The van der Waals surface area contributed by atoms with E-state index in [2.05, 4.69) is 20.6 Å². The third kappa shape index (κ3) is 5.56. The predicted molar refractivity (Wildman–Crippen MR) is 101 cm³/mol. The third-order valence-electron chi connectivity index (χ3n) is 3.77. The first kappa shape index (κ1) is 19.9. The van der Waals surface area contributed by atoms with E-state index in [0.29, 0.717) is 17.2 Å². The molecule has 0 unspecified atom stereocenters. The van der Waals surface area contributed by atoms with E-state index in [1.807, 2.05) is 37.3 Å². The Labute approximate surface area is 163 Å². The number of nitrogens with one attached hydrogen (secondary N) is 2. The number of hydrogen-bond donors (Lipinski definition) is 2. The fraction of sp³-hybridized carbons (Fsp3) is 0.278. The minimum Gasteiger partial charge on any atom is -0.337 e. The van der Waals surface area contributed by atoms with E-state index >= 15 is 0 Å². The van der Waals surface area contributed by atoms with Crippen LogP contribution in [0.3, 0.4) is 0 Å². The summed E-state index contributed by atoms with van der Waals surface area (Å²) in [5.74, 6) is 0. The summed E-state index contributed by atoms with van der Waals surface area (Å²) in [5.41, 5.74) is 2.32. The zero-order valence-electron chi connectivity index (χ0n) is 15.0. The Balaban J connectivity index is 1.49. The quantitative estimate of drug-likeness (QED) is 0.640. The van der Waals surface area contributed by atoms with Crippen molar-refractivity contribution in [2.24, 2.45) is 0 Å². The van der Waals surface area contributed by atoms with Crippen LogP contribution >= 0.6 is 11.3 Å². The van der Waals surface area contributed by atoms with Gasteiger partial charge >= 0.3 is 12.2 Å². The smallest absolute Gasteiger partial charge is 0.337 e. The molecule has 0 saturated carbocycles. The number of urea groups is 1. The molecule has 0 atom stereocenters. The lowest BCUT2D eigenvalue weighted by atomic mass is 10.2. The number of aryl methyl sites for hydroxylation is 1. The molecule has 3 aromatic rings. The van der Waals surface area contributed by atoms with Gasteiger partial charge in [0.1, 0.15) is 6.54 Å². The topological polar surface area (TPSA) is 71.8 Å². The molecular formula is C18H18F3N5OS. The number of hydrogen-bond acceptors (Lipinski definition) is 4. The van der Waals surface area contributed by atoms with Gasteiger partial charge in [0.15, 0.2) is 5.13 Å². The van der Waals surface area contributed by atoms with Crippen LogP contribution in [0.25, 0.3) is 10.4 Å². The van der Waals surface area contributed by atoms with Crippen molar-refractivity contribution >= 4 is 22.5 Å². The highest BCUT2D eigenvalue weighted by molar-refractivity contribution is 7.19. The molecule has 2 amide bonds. The Morgan fingerprint density at radius 3 is 2.71 bits per heavy atom. The standard InChI is InChI=1S/C18H18F3N5OS/c1-12-15(13-5-3-2-4-6-13)28-17(24-12)25-16(27)22-8-7-14-9-26(11-23-14)10-18(19,20)21/h2-6,9,11H,7-8,10H2,1H3,(H2,22,24,25,27). The highest BCUT2D eigenvalue weighted by Crippen LogP contribution is 2.32. The van der Waals surface area contributed by atoms with Gasteiger partial charge in [0.2, 0.25) is 0 Å². The molecule has 0 aliphatic carbocycles. The molecule has 0 saturated heterocycles. The van der Waals surface area contributed by atoms with Gasteiger partial charge in [0, 0.05) is 19.2 Å². The maximum Gasteiger partial charge on any atom is 0.406 e. The number of benzene rings is 1. The molecule has 0 bridgehead atoms. The summed E-state index contributed by atoms with van der Waals surface area (Å²) in [7, 11) is 0. The van der Waals surface area contributed by atoms with E-state index in [0.717, 1.165) is 27.0 Å². The molecule has 0 radical (unpaired) electrons. The van der Waals surface area contributed by atoms with Crippen LogP contribution in [0, 0.1) is 6.92 Å². The summed E-state index contributed by atoms with van der Waals surface area (Å²) in [4.78, 5) is 21.3. The number of carbonyl (C=O) groups is 1. The summed E-state index contributed by atoms with van der Waals surface area (Å²) in [5, 5.41) is 5.80. The van der Waals surface area contributed by atoms with Gasteiger partial charge in [-0.1, -0.05) is 41.7 Å². The Kier molecular flexibility index (Phi) is 5.98. The lowest BCUT2D eigenvalue weighted by molar-refractivity contribution is -0.140. The van der Waals surface area contributed by atoms with E-state index in [1.54, 1.807) is 0 Å². The number of aromatic nitrogens is 3. The van der Waals surface area contributed by atoms with Crippen LogP contribution in [-0.4, -0.2) is 33.3 Å². The summed E-state index contributed by atoms with van der Waals surface area (Å²) >= 11 is 1.37. The van der Waals surface area contributed by atoms with Gasteiger partial charge < -0.3 is 9.88 Å². The number of alkyl halides is 3. The van der Waals surface area contributed by atoms with Gasteiger partial charge in [-0.05, 0) is 12.5 Å². The fourth-order valence-electron chi connectivity index (χ4n) is 2.58. The largest absolute Gasteiger partial charge is 0.406 e. The molecule has 0 spiro atoms. The van der Waals surface area contributed by atoms with Crippen molar-refractivity contribution < 1.29 is 18.0 Å². The van der Waals surface area contributed by atoms with Crippen LogP contribution in [0.15, 0.2) is 42.9 Å². The van der Waals surface area contributed by atoms with Crippen LogP contribution in [-0.2, 0) is 13.0 Å². The Morgan fingerprint density at radius 1 is 1.25 bits per heavy atom. The average Bonchev–Trinajstić information content (AvgIpc) is 3.20. The molecule has 10 heteroatoms. The van der Waals surface area contributed by atoms with Gasteiger partial charge in [-0.15, -0.1) is 0 Å². The maximum absolute atomic E-state index is 12.3. The van der Waals surface area contributed by atoms with Crippen LogP contribution in [0.5, 0.6) is 0 Å². The molecule has 3 rings (SSSR count). The van der Waals surface area contributed by atoms with Crippen molar-refractivity contribution in [3.05, 3.63) is 54.2 Å². The monoisotopic (exact) mass is 409 g/mol. The molecule has 6 nitrogen and oxygen atoms in total. The van der Waals surface area contributed by atoms with Crippen molar-refractivity contribution in [3.63, 3.8) is 0 Å². The van der Waals surface area contributed by atoms with E-state index in [1.165, 1.54) is 17.5 Å². The van der Waals surface area contributed by atoms with Gasteiger partial charge in [0.05, 0.1) is 22.6 Å². The Bertz CT molecular complexity index is 936. The summed E-state index contributed by atoms with van der Waals surface area (Å²) in [6, 6.07) is 9.32. The Morgan fingerprint density at radius 2 is 2.00 bits per heavy atom. The second kappa shape index (κ2) is 8.42. The molecule has 148 valence electrons. The number of carbonyl (C=O) groups excluding carboxylic acids is 1. The zero-order valence-corrected chi connectivity index (χ0v) is 15.8. The number of halogens is 3. The second-order valence-electron chi connectivity index (χ2n) is 6.08. The van der Waals surface area contributed by atoms with Crippen molar-refractivity contribution in [3.8, 4) is 10.4 Å². The van der Waals surface area contributed by atoms with Gasteiger partial charge in [-0.3, -0.25) is 5.32 Å². The van der Waals surface area contributed by atoms with E-state index in [4.69, 9.17) is 0 Å². The molecule has 28 heavy (non-hydrogen) atoms. The molecule has 0 aliphatic heterocycles. The molecule has 0 aliphatic rings. The lowest BCUT2D eigenvalue weighted by Gasteiger charge is -2.06. The molecule has 1 aromatic carbocycles. The summed E-state index contributed by atoms with van der Waals surface area (Å²) < 4.78 is 38.0. The minimum atomic E-state index is -4.29. The second-order valence-corrected chi connectivity index (χ2v) is 7.08. The van der Waals surface area contributed by atoms with Gasteiger partial charge in [-0.2, -0.15) is 13.2 Å². The number of thiazole rings is 1. The van der Waals surface area contributed by atoms with Crippen LogP contribution in [0.1, 0.15) is 11.4 Å². The molecular weight excluding hydrogens is 391 g/mol. The van der Waals surface area contributed by atoms with E-state index < -0.39 is 18.8 Å². The van der Waals surface area contributed by atoms with E-state index in [-0.39, 0.29) is 6.54 Å². The molecule has 0 fully saturated rings. The molecule has 2 aromatic heterocycles. The number of rotatable bonds is 6. The number of imidazole rings is 1. The SMILES string of the molecule is Cc1nc(NC(=O)NCCc2cn(CC(F)(F)F)cn2)sc1-c1ccccc1. The molecule has 2 N–H and O–H groups in total. The van der Waals surface area contributed by atoms with Crippen LogP contribution in [0.2, 0.25) is 0 Å². The van der Waals surface area contributed by atoms with Crippen molar-refractivity contribution in [2.75, 3.05) is 11.9 Å². The number of amides is 2. The van der Waals surface area contributed by atoms with Gasteiger partial charge in [0.25, 0.3) is 0 Å². The summed E-state index contributed by atoms with van der Waals surface area (Å²) in [6.45, 7) is 1.03. The van der Waals surface area contributed by atoms with Crippen LogP contribution < -0.4 is 10.6 Å². The summed E-state index contributed by atoms with van der Waals surface area (Å²) in [6.07, 6.45) is -1.51. The van der Waals surface area contributed by atoms with Crippen molar-refractivity contribution in [1.82, 2.24) is 19.9 Å². The number of nitrogens with zero attached hydrogens (tertiary/aromatic N) is 3. The van der Waals surface area contributed by atoms with Crippen LogP contribution in [0.4, 0.5) is 23.1 Å². The normalized spacial score (nSPS) is 11.4. The Hall–Kier alpha value is -2.88. The zero-order chi connectivity index (χ0) is 20.1. The maximum atomic E-state index is 12.3. The average molecular weight is 409 g/mol. The fourth-order valence-corrected chi connectivity index (χ4v) is 3.55. The minimum absolute atomic E-state index is 0.241. The van der Waals surface area contributed by atoms with E-state index in [9.17, 15) is 18.0 Å². The predicted octanol–water partition coefficient (Wildman–Crippen LogP) is 4.24. The molecule has 2 heterocycles.